The van der Waals surface area contributed by atoms with Gasteiger partial charge in [-0.1, -0.05) is 34.5 Å². The summed E-state index contributed by atoms with van der Waals surface area (Å²) in [6.07, 6.45) is 0. The molecular weight excluding hydrogens is 453 g/mol. The van der Waals surface area contributed by atoms with Crippen LogP contribution in [-0.4, -0.2) is 28.0 Å². The normalized spacial score (nSPS) is 12.0. The number of carbonyl (C=O) groups excluding carboxylic acids is 2. The zero-order chi connectivity index (χ0) is 20.5. The van der Waals surface area contributed by atoms with Crippen molar-refractivity contribution in [3.05, 3.63) is 56.3 Å². The maximum absolute atomic E-state index is 12.8. The number of carbonyl (C=O) groups is 2. The summed E-state index contributed by atoms with van der Waals surface area (Å²) in [6.45, 7) is 1.86. The molecule has 1 amide bonds. The molecule has 29 heavy (non-hydrogen) atoms. The molecule has 148 valence electrons. The fraction of sp³-hybridized carbons (Fsp3) is 0.158. The second-order valence-electron chi connectivity index (χ2n) is 5.96. The van der Waals surface area contributed by atoms with Crippen molar-refractivity contribution in [2.75, 3.05) is 6.61 Å². The summed E-state index contributed by atoms with van der Waals surface area (Å²) in [7, 11) is 0. The molecule has 4 aromatic rings. The van der Waals surface area contributed by atoms with E-state index in [0.29, 0.717) is 25.9 Å². The Bertz CT molecular complexity index is 1320. The maximum atomic E-state index is 12.8. The smallest absolute Gasteiger partial charge is 0.326 e. The van der Waals surface area contributed by atoms with Crippen LogP contribution >= 0.6 is 45.9 Å². The maximum Gasteiger partial charge on any atom is 0.326 e. The minimum atomic E-state index is -0.446. The van der Waals surface area contributed by atoms with Crippen LogP contribution in [0.4, 0.5) is 0 Å². The Hall–Kier alpha value is -2.26. The Labute approximate surface area is 183 Å². The fourth-order valence-electron chi connectivity index (χ4n) is 2.84. The van der Waals surface area contributed by atoms with Crippen LogP contribution in [0.25, 0.3) is 20.4 Å². The molecule has 0 bridgehead atoms. The van der Waals surface area contributed by atoms with Crippen LogP contribution in [-0.2, 0) is 16.1 Å². The molecule has 2 aromatic heterocycles. The lowest BCUT2D eigenvalue weighted by Gasteiger charge is -2.06. The van der Waals surface area contributed by atoms with E-state index < -0.39 is 11.9 Å². The highest BCUT2D eigenvalue weighted by Crippen LogP contribution is 2.30. The van der Waals surface area contributed by atoms with E-state index in [1.165, 1.54) is 22.7 Å². The summed E-state index contributed by atoms with van der Waals surface area (Å²) in [5, 5.41) is 0.827. The van der Waals surface area contributed by atoms with E-state index in [1.54, 1.807) is 47.3 Å². The Kier molecular flexibility index (Phi) is 5.69. The van der Waals surface area contributed by atoms with Crippen LogP contribution in [0.15, 0.2) is 40.8 Å². The highest BCUT2D eigenvalue weighted by atomic mass is 35.5. The van der Waals surface area contributed by atoms with Crippen molar-refractivity contribution in [3.63, 3.8) is 0 Å². The fourth-order valence-corrected chi connectivity index (χ4v) is 5.36. The van der Waals surface area contributed by atoms with Crippen molar-refractivity contribution in [3.8, 4) is 0 Å². The Morgan fingerprint density at radius 2 is 2.03 bits per heavy atom. The van der Waals surface area contributed by atoms with E-state index in [0.717, 1.165) is 14.9 Å². The molecule has 4 rings (SSSR count). The van der Waals surface area contributed by atoms with E-state index in [-0.39, 0.29) is 13.2 Å². The van der Waals surface area contributed by atoms with Crippen LogP contribution in [0, 0.1) is 0 Å². The van der Waals surface area contributed by atoms with Gasteiger partial charge in [0.1, 0.15) is 6.54 Å². The average molecular weight is 466 g/mol. The monoisotopic (exact) mass is 465 g/mol. The molecule has 0 aliphatic rings. The lowest BCUT2D eigenvalue weighted by atomic mass is 10.2. The molecule has 0 saturated carbocycles. The van der Waals surface area contributed by atoms with Crippen molar-refractivity contribution in [2.24, 2.45) is 4.99 Å². The first-order valence-electron chi connectivity index (χ1n) is 8.52. The number of halogens is 2. The van der Waals surface area contributed by atoms with Crippen LogP contribution < -0.4 is 4.80 Å². The quantitative estimate of drug-likeness (QED) is 0.400. The Balaban J connectivity index is 1.85. The van der Waals surface area contributed by atoms with E-state index >= 15 is 0 Å². The van der Waals surface area contributed by atoms with Gasteiger partial charge in [0.25, 0.3) is 5.91 Å². The van der Waals surface area contributed by atoms with Gasteiger partial charge in [0.15, 0.2) is 4.80 Å². The lowest BCUT2D eigenvalue weighted by molar-refractivity contribution is -0.143. The standard InChI is InChI=1S/C19H13Cl2N3O3S2/c1-2-27-16(25)8-24-17-12(21)6-11(20)7-15(17)29-19(24)23-18(26)10-3-4-13-14(5-10)28-9-22-13/h3-7,9H,2,8H2,1H3. The van der Waals surface area contributed by atoms with Crippen LogP contribution in [0.2, 0.25) is 10.0 Å². The van der Waals surface area contributed by atoms with Crippen molar-refractivity contribution in [1.82, 2.24) is 9.55 Å². The molecule has 0 aliphatic carbocycles. The highest BCUT2D eigenvalue weighted by Gasteiger charge is 2.16. The highest BCUT2D eigenvalue weighted by molar-refractivity contribution is 7.17. The number of thiazole rings is 2. The average Bonchev–Trinajstić information content (AvgIpc) is 3.26. The predicted octanol–water partition coefficient (Wildman–Crippen LogP) is 4.92. The summed E-state index contributed by atoms with van der Waals surface area (Å²) in [5.74, 6) is -0.870. The molecule has 10 heteroatoms. The summed E-state index contributed by atoms with van der Waals surface area (Å²) >= 11 is 15.1. The number of esters is 1. The minimum absolute atomic E-state index is 0.116. The van der Waals surface area contributed by atoms with Crippen molar-refractivity contribution >= 4 is 78.2 Å². The molecule has 0 unspecified atom stereocenters. The van der Waals surface area contributed by atoms with Gasteiger partial charge in [0.2, 0.25) is 0 Å². The van der Waals surface area contributed by atoms with Crippen molar-refractivity contribution in [2.45, 2.75) is 13.5 Å². The molecule has 0 saturated heterocycles. The molecule has 0 N–H and O–H groups in total. The molecule has 0 aliphatic heterocycles. The number of rotatable bonds is 4. The van der Waals surface area contributed by atoms with Gasteiger partial charge < -0.3 is 9.30 Å². The Morgan fingerprint density at radius 1 is 1.21 bits per heavy atom. The zero-order valence-electron chi connectivity index (χ0n) is 15.0. The van der Waals surface area contributed by atoms with Crippen molar-refractivity contribution < 1.29 is 14.3 Å². The first kappa shape index (κ1) is 20.0. The number of ether oxygens (including phenoxy) is 1. The first-order valence-corrected chi connectivity index (χ1v) is 11.0. The number of hydrogen-bond acceptors (Lipinski definition) is 6. The summed E-state index contributed by atoms with van der Waals surface area (Å²) in [4.78, 5) is 33.7. The minimum Gasteiger partial charge on any atom is -0.465 e. The predicted molar refractivity (Wildman–Crippen MR) is 116 cm³/mol. The molecule has 6 nitrogen and oxygen atoms in total. The van der Waals surface area contributed by atoms with Gasteiger partial charge in [-0.15, -0.1) is 11.3 Å². The molecule has 0 spiro atoms. The third kappa shape index (κ3) is 4.06. The van der Waals surface area contributed by atoms with Crippen molar-refractivity contribution in [1.29, 1.82) is 0 Å². The number of amides is 1. The van der Waals surface area contributed by atoms with E-state index in [1.807, 2.05) is 0 Å². The number of fused-ring (bicyclic) bond motifs is 2. The number of benzene rings is 2. The molecule has 0 fully saturated rings. The van der Waals surface area contributed by atoms with Gasteiger partial charge in [-0.05, 0) is 37.3 Å². The lowest BCUT2D eigenvalue weighted by Crippen LogP contribution is -2.23. The van der Waals surface area contributed by atoms with Gasteiger partial charge in [-0.25, -0.2) is 4.98 Å². The summed E-state index contributed by atoms with van der Waals surface area (Å²) < 4.78 is 8.26. The number of hydrogen-bond donors (Lipinski definition) is 0. The van der Waals surface area contributed by atoms with Gasteiger partial charge in [-0.3, -0.25) is 9.59 Å². The summed E-state index contributed by atoms with van der Waals surface area (Å²) in [6, 6.07) is 8.53. The number of aromatic nitrogens is 2. The molecule has 0 atom stereocenters. The van der Waals surface area contributed by atoms with Crippen LogP contribution in [0.3, 0.4) is 0 Å². The van der Waals surface area contributed by atoms with E-state index in [9.17, 15) is 9.59 Å². The van der Waals surface area contributed by atoms with Gasteiger partial charge in [-0.2, -0.15) is 4.99 Å². The third-order valence-corrected chi connectivity index (χ3v) is 6.39. The molecule has 2 heterocycles. The second-order valence-corrected chi connectivity index (χ2v) is 8.70. The van der Waals surface area contributed by atoms with Gasteiger partial charge in [0, 0.05) is 10.6 Å². The molecule has 2 aromatic carbocycles. The molecular formula is C19H13Cl2N3O3S2. The largest absolute Gasteiger partial charge is 0.465 e. The third-order valence-electron chi connectivity index (χ3n) is 4.06. The number of nitrogens with zero attached hydrogens (tertiary/aromatic N) is 3. The van der Waals surface area contributed by atoms with E-state index in [2.05, 4.69) is 9.98 Å². The molecule has 0 radical (unpaired) electrons. The van der Waals surface area contributed by atoms with Crippen LogP contribution in [0.5, 0.6) is 0 Å². The SMILES string of the molecule is CCOC(=O)Cn1c(=NC(=O)c2ccc3ncsc3c2)sc2cc(Cl)cc(Cl)c21. The van der Waals surface area contributed by atoms with Gasteiger partial charge in [0.05, 0.1) is 37.6 Å². The van der Waals surface area contributed by atoms with Gasteiger partial charge >= 0.3 is 5.97 Å². The summed E-state index contributed by atoms with van der Waals surface area (Å²) in [5.41, 5.74) is 3.57. The van der Waals surface area contributed by atoms with E-state index in [4.69, 9.17) is 27.9 Å². The van der Waals surface area contributed by atoms with Crippen LogP contribution in [0.1, 0.15) is 17.3 Å². The first-order chi connectivity index (χ1) is 14.0. The zero-order valence-corrected chi connectivity index (χ0v) is 18.2. The Morgan fingerprint density at radius 3 is 2.83 bits per heavy atom. The topological polar surface area (TPSA) is 73.6 Å². The second kappa shape index (κ2) is 8.23.